The Morgan fingerprint density at radius 3 is 1.84 bits per heavy atom. The van der Waals surface area contributed by atoms with E-state index in [2.05, 4.69) is 0 Å². The van der Waals surface area contributed by atoms with E-state index in [4.69, 9.17) is 23.4 Å². The maximum atomic E-state index is 12.9. The molecule has 10 N–H and O–H groups in total. The number of aromatic hydroxyl groups is 2. The van der Waals surface area contributed by atoms with Crippen molar-refractivity contribution in [1.82, 2.24) is 0 Å². The summed E-state index contributed by atoms with van der Waals surface area (Å²) < 4.78 is 27.5. The number of phenolic OH excluding ortho intramolecular Hbond substituents is 2. The third kappa shape index (κ3) is 5.85. The topological polar surface area (TPSA) is 269 Å². The van der Waals surface area contributed by atoms with E-state index >= 15 is 0 Å². The summed E-state index contributed by atoms with van der Waals surface area (Å²) >= 11 is 0. The summed E-state index contributed by atoms with van der Waals surface area (Å²) in [5.41, 5.74) is -0.708. The van der Waals surface area contributed by atoms with Crippen LogP contribution in [0.4, 0.5) is 0 Å². The third-order valence-corrected chi connectivity index (χ3v) is 7.22. The van der Waals surface area contributed by atoms with Crippen molar-refractivity contribution < 1.29 is 74.4 Å². The van der Waals surface area contributed by atoms with Crippen molar-refractivity contribution in [2.45, 2.75) is 61.4 Å². The molecule has 10 atom stereocenters. The highest BCUT2D eigenvalue weighted by Gasteiger charge is 2.46. The molecule has 0 radical (unpaired) electrons. The van der Waals surface area contributed by atoms with Crippen molar-refractivity contribution in [2.24, 2.45) is 0 Å². The normalized spacial score (nSPS) is 32.9. The zero-order valence-corrected chi connectivity index (χ0v) is 22.1. The van der Waals surface area contributed by atoms with Gasteiger partial charge in [0.15, 0.2) is 16.9 Å². The van der Waals surface area contributed by atoms with E-state index in [1.165, 1.54) is 24.3 Å². The van der Waals surface area contributed by atoms with Crippen LogP contribution in [0.5, 0.6) is 23.0 Å². The highest BCUT2D eigenvalue weighted by atomic mass is 16.7. The van der Waals surface area contributed by atoms with E-state index in [9.17, 15) is 55.9 Å². The third-order valence-electron chi connectivity index (χ3n) is 7.22. The second-order valence-corrected chi connectivity index (χ2v) is 10.1. The molecular weight excluding hydrogens is 580 g/mol. The Morgan fingerprint density at radius 2 is 1.26 bits per heavy atom. The molecule has 43 heavy (non-hydrogen) atoms. The van der Waals surface area contributed by atoms with E-state index in [0.717, 1.165) is 12.1 Å². The molecule has 2 fully saturated rings. The Hall–Kier alpha value is -3.55. The van der Waals surface area contributed by atoms with Crippen LogP contribution < -0.4 is 14.9 Å². The molecule has 3 aromatic rings. The number of hydrogen-bond donors (Lipinski definition) is 10. The van der Waals surface area contributed by atoms with Crippen molar-refractivity contribution >= 4 is 11.0 Å². The first kappa shape index (κ1) is 30.9. The summed E-state index contributed by atoms with van der Waals surface area (Å²) in [7, 11) is 0. The molecule has 16 nitrogen and oxygen atoms in total. The van der Waals surface area contributed by atoms with Crippen LogP contribution in [0.3, 0.4) is 0 Å². The fourth-order valence-electron chi connectivity index (χ4n) is 4.80. The molecule has 0 aliphatic carbocycles. The van der Waals surface area contributed by atoms with Gasteiger partial charge in [0.1, 0.15) is 77.1 Å². The Morgan fingerprint density at radius 1 is 0.674 bits per heavy atom. The number of fused-ring (bicyclic) bond motifs is 1. The number of aliphatic hydroxyl groups excluding tert-OH is 8. The molecule has 3 heterocycles. The lowest BCUT2D eigenvalue weighted by molar-refractivity contribution is -0.277. The molecule has 0 bridgehead atoms. The first-order valence-corrected chi connectivity index (χ1v) is 13.0. The van der Waals surface area contributed by atoms with Crippen LogP contribution in [-0.4, -0.2) is 126 Å². The highest BCUT2D eigenvalue weighted by molar-refractivity contribution is 5.86. The molecule has 2 aliphatic rings. The Balaban J connectivity index is 1.45. The number of benzene rings is 2. The zero-order chi connectivity index (χ0) is 31.2. The van der Waals surface area contributed by atoms with Crippen LogP contribution >= 0.6 is 0 Å². The number of ether oxygens (including phenoxy) is 4. The van der Waals surface area contributed by atoms with Gasteiger partial charge in [0, 0.05) is 23.8 Å². The first-order valence-electron chi connectivity index (χ1n) is 13.0. The van der Waals surface area contributed by atoms with Crippen molar-refractivity contribution in [3.8, 4) is 34.3 Å². The van der Waals surface area contributed by atoms with E-state index < -0.39 is 91.6 Å². The maximum absolute atomic E-state index is 12.9. The van der Waals surface area contributed by atoms with Gasteiger partial charge in [-0.05, 0) is 18.2 Å². The Labute approximate surface area is 241 Å². The van der Waals surface area contributed by atoms with Gasteiger partial charge in [0.05, 0.1) is 13.2 Å². The van der Waals surface area contributed by atoms with Gasteiger partial charge in [-0.1, -0.05) is 0 Å². The summed E-state index contributed by atoms with van der Waals surface area (Å²) in [6.07, 6.45) is -15.9. The van der Waals surface area contributed by atoms with Crippen LogP contribution in [0.1, 0.15) is 0 Å². The molecule has 16 heteroatoms. The summed E-state index contributed by atoms with van der Waals surface area (Å²) in [5, 5.41) is 99.9. The van der Waals surface area contributed by atoms with Crippen LogP contribution in [0, 0.1) is 0 Å². The van der Waals surface area contributed by atoms with Crippen LogP contribution in [0.15, 0.2) is 45.6 Å². The van der Waals surface area contributed by atoms with Crippen molar-refractivity contribution in [3.63, 3.8) is 0 Å². The standard InChI is InChI=1S/C27H30O16/c28-7-17-20(33)22(35)24(37)26(42-17)39-10-4-12(31)19-13(32)6-14(40-16(19)5-10)9-1-2-11(30)15(3-9)41-27-25(38)23(36)21(34)18(8-29)43-27/h1-6,17-18,20-31,33-38H,7-8H2/t17-,18-,20-,21-,22+,23+,24-,25-,26-,27-/m0/s1. The minimum absolute atomic E-state index is 0.0828. The van der Waals surface area contributed by atoms with Crippen molar-refractivity contribution in [1.29, 1.82) is 0 Å². The average Bonchev–Trinajstić information content (AvgIpc) is 2.98. The quantitative estimate of drug-likeness (QED) is 0.130. The largest absolute Gasteiger partial charge is 0.507 e. The molecule has 2 aliphatic heterocycles. The molecule has 0 spiro atoms. The predicted octanol–water partition coefficient (Wildman–Crippen LogP) is -2.77. The second kappa shape index (κ2) is 12.2. The molecule has 0 unspecified atom stereocenters. The van der Waals surface area contributed by atoms with E-state index in [-0.39, 0.29) is 33.8 Å². The van der Waals surface area contributed by atoms with Crippen LogP contribution in [0.2, 0.25) is 0 Å². The molecule has 0 amide bonds. The lowest BCUT2D eigenvalue weighted by Gasteiger charge is -2.39. The van der Waals surface area contributed by atoms with Gasteiger partial charge in [-0.25, -0.2) is 0 Å². The lowest BCUT2D eigenvalue weighted by Crippen LogP contribution is -2.60. The Bertz CT molecular complexity index is 1500. The molecule has 5 rings (SSSR count). The van der Waals surface area contributed by atoms with Crippen molar-refractivity contribution in [2.75, 3.05) is 13.2 Å². The predicted molar refractivity (Wildman–Crippen MR) is 140 cm³/mol. The first-order chi connectivity index (χ1) is 20.4. The Kier molecular flexibility index (Phi) is 8.77. The second-order valence-electron chi connectivity index (χ2n) is 10.1. The monoisotopic (exact) mass is 610 g/mol. The van der Waals surface area contributed by atoms with Gasteiger partial charge in [0.2, 0.25) is 12.6 Å². The molecule has 0 saturated carbocycles. The van der Waals surface area contributed by atoms with E-state index in [1.54, 1.807) is 0 Å². The van der Waals surface area contributed by atoms with Crippen LogP contribution in [0.25, 0.3) is 22.3 Å². The minimum atomic E-state index is -1.76. The van der Waals surface area contributed by atoms with Gasteiger partial charge in [-0.2, -0.15) is 0 Å². The maximum Gasteiger partial charge on any atom is 0.229 e. The zero-order valence-electron chi connectivity index (χ0n) is 22.1. The van der Waals surface area contributed by atoms with Gasteiger partial charge in [0.25, 0.3) is 0 Å². The molecule has 234 valence electrons. The minimum Gasteiger partial charge on any atom is -0.507 e. The van der Waals surface area contributed by atoms with Gasteiger partial charge in [-0.3, -0.25) is 4.79 Å². The number of hydrogen-bond acceptors (Lipinski definition) is 16. The van der Waals surface area contributed by atoms with Gasteiger partial charge >= 0.3 is 0 Å². The highest BCUT2D eigenvalue weighted by Crippen LogP contribution is 2.37. The summed E-state index contributed by atoms with van der Waals surface area (Å²) in [5.74, 6) is -1.54. The summed E-state index contributed by atoms with van der Waals surface area (Å²) in [6.45, 7) is -1.39. The fourth-order valence-corrected chi connectivity index (χ4v) is 4.80. The number of aliphatic hydroxyl groups is 8. The summed E-state index contributed by atoms with van der Waals surface area (Å²) in [6, 6.07) is 7.02. The van der Waals surface area contributed by atoms with E-state index in [1.807, 2.05) is 0 Å². The van der Waals surface area contributed by atoms with Gasteiger partial charge in [-0.15, -0.1) is 0 Å². The number of phenols is 2. The molecule has 1 aromatic heterocycles. The molecular formula is C27H30O16. The van der Waals surface area contributed by atoms with Gasteiger partial charge < -0.3 is 74.4 Å². The lowest BCUT2D eigenvalue weighted by atomic mass is 9.99. The molecule has 2 saturated heterocycles. The smallest absolute Gasteiger partial charge is 0.229 e. The van der Waals surface area contributed by atoms with Crippen molar-refractivity contribution in [3.05, 3.63) is 46.6 Å². The van der Waals surface area contributed by atoms with Crippen LogP contribution in [-0.2, 0) is 9.47 Å². The van der Waals surface area contributed by atoms with E-state index in [0.29, 0.717) is 0 Å². The SMILES string of the molecule is O=c1cc(-c2ccc(O)c(O[C@H]3O[C@@H](CO)[C@H](O)[C@@H](O)[C@@H]3O)c2)oc2cc(O[C@H]3O[C@@H](CO)[C@H](O)[C@@H](O)[C@@H]3O)cc(O)c12. The average molecular weight is 611 g/mol. The molecule has 2 aromatic carbocycles. The summed E-state index contributed by atoms with van der Waals surface area (Å²) in [4.78, 5) is 12.9. The number of rotatable bonds is 7. The fraction of sp³-hybridized carbons (Fsp3) is 0.444.